The maximum absolute atomic E-state index is 5.35. The normalized spacial score (nSPS) is 12.4. The molecule has 0 saturated carbocycles. The second-order valence-electron chi connectivity index (χ2n) is 5.39. The SMILES string of the molecule is CCCNC(Cc1nccn1C)c1ccc(OC)c(C)c1. The third kappa shape index (κ3) is 3.85. The lowest BCUT2D eigenvalue weighted by atomic mass is 10.0. The number of aromatic nitrogens is 2. The van der Waals surface area contributed by atoms with Crippen molar-refractivity contribution in [1.82, 2.24) is 14.9 Å². The van der Waals surface area contributed by atoms with Crippen LogP contribution in [0.15, 0.2) is 30.6 Å². The van der Waals surface area contributed by atoms with Crippen LogP contribution in [0.5, 0.6) is 5.75 Å². The van der Waals surface area contributed by atoms with Crippen molar-refractivity contribution in [3.05, 3.63) is 47.5 Å². The van der Waals surface area contributed by atoms with Crippen molar-refractivity contribution < 1.29 is 4.74 Å². The lowest BCUT2D eigenvalue weighted by Gasteiger charge is -2.20. The summed E-state index contributed by atoms with van der Waals surface area (Å²) in [6.07, 6.45) is 5.85. The van der Waals surface area contributed by atoms with E-state index in [4.69, 9.17) is 4.74 Å². The minimum absolute atomic E-state index is 0.274. The fraction of sp³-hybridized carbons (Fsp3) is 0.471. The summed E-state index contributed by atoms with van der Waals surface area (Å²) in [5.41, 5.74) is 2.45. The molecule has 1 aromatic heterocycles. The smallest absolute Gasteiger partial charge is 0.121 e. The lowest BCUT2D eigenvalue weighted by molar-refractivity contribution is 0.411. The average molecular weight is 287 g/mol. The van der Waals surface area contributed by atoms with Crippen LogP contribution in [0, 0.1) is 6.92 Å². The molecule has 0 aliphatic heterocycles. The van der Waals surface area contributed by atoms with E-state index in [9.17, 15) is 0 Å². The van der Waals surface area contributed by atoms with Gasteiger partial charge in [-0.15, -0.1) is 0 Å². The number of hydrogen-bond donors (Lipinski definition) is 1. The molecule has 0 radical (unpaired) electrons. The molecular formula is C17H25N3O. The first-order chi connectivity index (χ1) is 10.2. The van der Waals surface area contributed by atoms with Gasteiger partial charge in [-0.2, -0.15) is 0 Å². The number of rotatable bonds is 7. The van der Waals surface area contributed by atoms with Crippen LogP contribution in [-0.2, 0) is 13.5 Å². The molecule has 0 fully saturated rings. The summed E-state index contributed by atoms with van der Waals surface area (Å²) < 4.78 is 7.43. The van der Waals surface area contributed by atoms with Crippen LogP contribution >= 0.6 is 0 Å². The van der Waals surface area contributed by atoms with E-state index in [0.717, 1.165) is 36.5 Å². The number of nitrogens with zero attached hydrogens (tertiary/aromatic N) is 2. The van der Waals surface area contributed by atoms with Gasteiger partial charge < -0.3 is 14.6 Å². The molecule has 1 N–H and O–H groups in total. The molecule has 4 heteroatoms. The highest BCUT2D eigenvalue weighted by Gasteiger charge is 2.15. The van der Waals surface area contributed by atoms with Gasteiger partial charge in [-0.3, -0.25) is 0 Å². The second-order valence-corrected chi connectivity index (χ2v) is 5.39. The van der Waals surface area contributed by atoms with Gasteiger partial charge in [0.1, 0.15) is 11.6 Å². The zero-order valence-corrected chi connectivity index (χ0v) is 13.4. The lowest BCUT2D eigenvalue weighted by Crippen LogP contribution is -2.25. The first kappa shape index (κ1) is 15.6. The summed E-state index contributed by atoms with van der Waals surface area (Å²) >= 11 is 0. The predicted molar refractivity (Wildman–Crippen MR) is 85.7 cm³/mol. The molecule has 1 heterocycles. The topological polar surface area (TPSA) is 39.1 Å². The first-order valence-corrected chi connectivity index (χ1v) is 7.49. The Morgan fingerprint density at radius 3 is 2.76 bits per heavy atom. The van der Waals surface area contributed by atoms with E-state index in [1.807, 2.05) is 25.5 Å². The summed E-state index contributed by atoms with van der Waals surface area (Å²) in [6, 6.07) is 6.66. The monoisotopic (exact) mass is 287 g/mol. The van der Waals surface area contributed by atoms with E-state index in [-0.39, 0.29) is 6.04 Å². The molecule has 2 rings (SSSR count). The number of hydrogen-bond acceptors (Lipinski definition) is 3. The molecule has 1 unspecified atom stereocenters. The van der Waals surface area contributed by atoms with Crippen molar-refractivity contribution in [3.8, 4) is 5.75 Å². The molecule has 4 nitrogen and oxygen atoms in total. The van der Waals surface area contributed by atoms with E-state index in [1.54, 1.807) is 7.11 Å². The van der Waals surface area contributed by atoms with Crippen LogP contribution < -0.4 is 10.1 Å². The molecule has 0 amide bonds. The van der Waals surface area contributed by atoms with Gasteiger partial charge in [0.05, 0.1) is 7.11 Å². The largest absolute Gasteiger partial charge is 0.496 e. The number of imidazole rings is 1. The highest BCUT2D eigenvalue weighted by atomic mass is 16.5. The molecule has 21 heavy (non-hydrogen) atoms. The van der Waals surface area contributed by atoms with Crippen LogP contribution in [-0.4, -0.2) is 23.2 Å². The van der Waals surface area contributed by atoms with Gasteiger partial charge in [-0.25, -0.2) is 4.98 Å². The summed E-state index contributed by atoms with van der Waals surface area (Å²) in [7, 11) is 3.75. The van der Waals surface area contributed by atoms with Crippen LogP contribution in [0.3, 0.4) is 0 Å². The average Bonchev–Trinajstić information content (AvgIpc) is 2.88. The molecular weight excluding hydrogens is 262 g/mol. The molecule has 0 bridgehead atoms. The maximum Gasteiger partial charge on any atom is 0.121 e. The number of ether oxygens (including phenoxy) is 1. The number of methoxy groups -OCH3 is 1. The van der Waals surface area contributed by atoms with Crippen molar-refractivity contribution >= 4 is 0 Å². The van der Waals surface area contributed by atoms with Gasteiger partial charge in [-0.05, 0) is 37.1 Å². The van der Waals surface area contributed by atoms with Crippen LogP contribution in [0.4, 0.5) is 0 Å². The summed E-state index contributed by atoms with van der Waals surface area (Å²) in [6.45, 7) is 5.27. The third-order valence-corrected chi connectivity index (χ3v) is 3.77. The Bertz CT molecular complexity index is 577. The second kappa shape index (κ2) is 7.27. The van der Waals surface area contributed by atoms with Crippen molar-refractivity contribution in [2.45, 2.75) is 32.7 Å². The van der Waals surface area contributed by atoms with Crippen LogP contribution in [0.25, 0.3) is 0 Å². The maximum atomic E-state index is 5.35. The molecule has 114 valence electrons. The van der Waals surface area contributed by atoms with Crippen molar-refractivity contribution in [3.63, 3.8) is 0 Å². The van der Waals surface area contributed by atoms with E-state index in [0.29, 0.717) is 0 Å². The molecule has 2 aromatic rings. The highest BCUT2D eigenvalue weighted by molar-refractivity contribution is 5.37. The van der Waals surface area contributed by atoms with Crippen LogP contribution in [0.1, 0.15) is 36.3 Å². The van der Waals surface area contributed by atoms with E-state index in [1.165, 1.54) is 5.56 Å². The molecule has 0 aliphatic carbocycles. The molecule has 1 aromatic carbocycles. The Balaban J connectivity index is 2.22. The summed E-state index contributed by atoms with van der Waals surface area (Å²) in [5.74, 6) is 2.03. The van der Waals surface area contributed by atoms with Crippen LogP contribution in [0.2, 0.25) is 0 Å². The number of aryl methyl sites for hydroxylation is 2. The fourth-order valence-corrected chi connectivity index (χ4v) is 2.52. The molecule has 1 atom stereocenters. The van der Waals surface area contributed by atoms with E-state index < -0.39 is 0 Å². The minimum Gasteiger partial charge on any atom is -0.496 e. The highest BCUT2D eigenvalue weighted by Crippen LogP contribution is 2.24. The zero-order chi connectivity index (χ0) is 15.2. The first-order valence-electron chi connectivity index (χ1n) is 7.49. The van der Waals surface area contributed by atoms with Crippen molar-refractivity contribution in [1.29, 1.82) is 0 Å². The molecule has 0 saturated heterocycles. The van der Waals surface area contributed by atoms with Crippen molar-refractivity contribution in [2.75, 3.05) is 13.7 Å². The Morgan fingerprint density at radius 1 is 1.38 bits per heavy atom. The molecule has 0 aliphatic rings. The Hall–Kier alpha value is -1.81. The third-order valence-electron chi connectivity index (χ3n) is 3.77. The summed E-state index contributed by atoms with van der Waals surface area (Å²) in [4.78, 5) is 4.44. The Kier molecular flexibility index (Phi) is 5.39. The Morgan fingerprint density at radius 2 is 2.19 bits per heavy atom. The molecule has 0 spiro atoms. The quantitative estimate of drug-likeness (QED) is 0.851. The van der Waals surface area contributed by atoms with Gasteiger partial charge >= 0.3 is 0 Å². The number of nitrogens with one attached hydrogen (secondary N) is 1. The summed E-state index contributed by atoms with van der Waals surface area (Å²) in [5, 5.41) is 3.62. The van der Waals surface area contributed by atoms with E-state index >= 15 is 0 Å². The van der Waals surface area contributed by atoms with Gasteiger partial charge in [0.2, 0.25) is 0 Å². The standard InChI is InChI=1S/C17H25N3O/c1-5-8-18-15(12-17-19-9-10-20(17)3)14-6-7-16(21-4)13(2)11-14/h6-7,9-11,15,18H,5,8,12H2,1-4H3. The van der Waals surface area contributed by atoms with Gasteiger partial charge in [-0.1, -0.05) is 19.1 Å². The predicted octanol–water partition coefficient (Wildman–Crippen LogP) is 3.02. The fourth-order valence-electron chi connectivity index (χ4n) is 2.52. The minimum atomic E-state index is 0.274. The Labute approximate surface area is 127 Å². The van der Waals surface area contributed by atoms with E-state index in [2.05, 4.69) is 40.8 Å². The zero-order valence-electron chi connectivity index (χ0n) is 13.4. The number of benzene rings is 1. The van der Waals surface area contributed by atoms with Crippen molar-refractivity contribution in [2.24, 2.45) is 7.05 Å². The van der Waals surface area contributed by atoms with Gasteiger partial charge in [0.15, 0.2) is 0 Å². The van der Waals surface area contributed by atoms with Gasteiger partial charge in [0.25, 0.3) is 0 Å². The van der Waals surface area contributed by atoms with Gasteiger partial charge in [0, 0.05) is 31.9 Å².